The van der Waals surface area contributed by atoms with Crippen LogP contribution >= 0.6 is 15.9 Å². The maximum Gasteiger partial charge on any atom is 0.0658 e. The van der Waals surface area contributed by atoms with Crippen molar-refractivity contribution in [2.24, 2.45) is 0 Å². The molecule has 4 heteroatoms. The normalized spacial score (nSPS) is 19.3. The highest BCUT2D eigenvalue weighted by Gasteiger charge is 2.20. The van der Waals surface area contributed by atoms with Crippen molar-refractivity contribution in [2.45, 2.75) is 19.4 Å². The molecule has 94 valence electrons. The van der Waals surface area contributed by atoms with E-state index < -0.39 is 0 Å². The van der Waals surface area contributed by atoms with Gasteiger partial charge in [0.15, 0.2) is 0 Å². The summed E-state index contributed by atoms with van der Waals surface area (Å²) in [5, 5.41) is 7.95. The summed E-state index contributed by atoms with van der Waals surface area (Å²) in [7, 11) is 0. The van der Waals surface area contributed by atoms with Crippen LogP contribution in [0, 0.1) is 6.92 Å². The van der Waals surface area contributed by atoms with E-state index in [0.717, 1.165) is 17.6 Å². The molecule has 1 unspecified atom stereocenters. The maximum absolute atomic E-state index is 4.56. The highest BCUT2D eigenvalue weighted by atomic mass is 79.9. The van der Waals surface area contributed by atoms with Crippen LogP contribution < -0.4 is 5.32 Å². The third-order valence-corrected chi connectivity index (χ3v) is 4.11. The van der Waals surface area contributed by atoms with E-state index in [-0.39, 0.29) is 0 Å². The predicted octanol–water partition coefficient (Wildman–Crippen LogP) is 3.16. The standard InChI is InChI=1S/C14H16BrN3/c1-10-14(11-2-4-12(15)5-3-11)9-17-18(10)13-6-7-16-8-13/h2-5,9,13,16H,6-8H2,1H3. The lowest BCUT2D eigenvalue weighted by atomic mass is 10.1. The molecular formula is C14H16BrN3. The SMILES string of the molecule is Cc1c(-c2ccc(Br)cc2)cnn1C1CCNC1. The molecule has 2 aromatic rings. The van der Waals surface area contributed by atoms with Gasteiger partial charge in [-0.3, -0.25) is 4.68 Å². The molecule has 0 aliphatic carbocycles. The zero-order valence-electron chi connectivity index (χ0n) is 10.4. The van der Waals surface area contributed by atoms with Crippen LogP contribution in [0.15, 0.2) is 34.9 Å². The number of halogens is 1. The summed E-state index contributed by atoms with van der Waals surface area (Å²) in [5.41, 5.74) is 3.72. The number of hydrogen-bond acceptors (Lipinski definition) is 2. The van der Waals surface area contributed by atoms with Gasteiger partial charge in [0.1, 0.15) is 0 Å². The molecule has 2 heterocycles. The Morgan fingerprint density at radius 3 is 2.78 bits per heavy atom. The number of nitrogens with zero attached hydrogens (tertiary/aromatic N) is 2. The van der Waals surface area contributed by atoms with E-state index in [9.17, 15) is 0 Å². The Bertz CT molecular complexity index is 539. The molecule has 3 rings (SSSR count). The fourth-order valence-electron chi connectivity index (χ4n) is 2.55. The van der Waals surface area contributed by atoms with E-state index >= 15 is 0 Å². The summed E-state index contributed by atoms with van der Waals surface area (Å²) >= 11 is 3.47. The van der Waals surface area contributed by atoms with Crippen molar-refractivity contribution >= 4 is 15.9 Å². The van der Waals surface area contributed by atoms with Crippen molar-refractivity contribution in [1.82, 2.24) is 15.1 Å². The van der Waals surface area contributed by atoms with Gasteiger partial charge in [0, 0.05) is 22.3 Å². The quantitative estimate of drug-likeness (QED) is 0.923. The van der Waals surface area contributed by atoms with Crippen LogP contribution in [0.3, 0.4) is 0 Å². The fourth-order valence-corrected chi connectivity index (χ4v) is 2.82. The van der Waals surface area contributed by atoms with Crippen LogP contribution in [0.2, 0.25) is 0 Å². The highest BCUT2D eigenvalue weighted by Crippen LogP contribution is 2.27. The van der Waals surface area contributed by atoms with Crippen molar-refractivity contribution < 1.29 is 0 Å². The molecule has 0 spiro atoms. The van der Waals surface area contributed by atoms with E-state index in [1.54, 1.807) is 0 Å². The van der Waals surface area contributed by atoms with Gasteiger partial charge in [-0.25, -0.2) is 0 Å². The first-order valence-corrected chi connectivity index (χ1v) is 7.06. The number of nitrogens with one attached hydrogen (secondary N) is 1. The number of hydrogen-bond donors (Lipinski definition) is 1. The van der Waals surface area contributed by atoms with Crippen LogP contribution in [-0.4, -0.2) is 22.9 Å². The summed E-state index contributed by atoms with van der Waals surface area (Å²) in [6.45, 7) is 4.28. The van der Waals surface area contributed by atoms with Crippen LogP contribution in [0.4, 0.5) is 0 Å². The molecule has 1 aliphatic heterocycles. The number of aromatic nitrogens is 2. The first kappa shape index (κ1) is 11.9. The third-order valence-electron chi connectivity index (χ3n) is 3.58. The Hall–Kier alpha value is -1.13. The highest BCUT2D eigenvalue weighted by molar-refractivity contribution is 9.10. The average molecular weight is 306 g/mol. The van der Waals surface area contributed by atoms with Crippen LogP contribution in [0.1, 0.15) is 18.2 Å². The van der Waals surface area contributed by atoms with Gasteiger partial charge in [-0.05, 0) is 37.6 Å². The van der Waals surface area contributed by atoms with Gasteiger partial charge >= 0.3 is 0 Å². The zero-order valence-corrected chi connectivity index (χ0v) is 11.9. The molecule has 1 N–H and O–H groups in total. The monoisotopic (exact) mass is 305 g/mol. The van der Waals surface area contributed by atoms with Crippen molar-refractivity contribution in [1.29, 1.82) is 0 Å². The smallest absolute Gasteiger partial charge is 0.0658 e. The summed E-state index contributed by atoms with van der Waals surface area (Å²) in [4.78, 5) is 0. The number of benzene rings is 1. The Balaban J connectivity index is 1.96. The van der Waals surface area contributed by atoms with Crippen LogP contribution in [-0.2, 0) is 0 Å². The van der Waals surface area contributed by atoms with Gasteiger partial charge in [-0.1, -0.05) is 28.1 Å². The summed E-state index contributed by atoms with van der Waals surface area (Å²) in [6, 6.07) is 8.91. The molecule has 1 aromatic heterocycles. The van der Waals surface area contributed by atoms with Gasteiger partial charge in [0.2, 0.25) is 0 Å². The largest absolute Gasteiger partial charge is 0.315 e. The van der Waals surface area contributed by atoms with E-state index in [1.807, 2.05) is 6.20 Å². The molecule has 1 fully saturated rings. The second kappa shape index (κ2) is 4.86. The van der Waals surface area contributed by atoms with Crippen molar-refractivity contribution in [2.75, 3.05) is 13.1 Å². The van der Waals surface area contributed by atoms with Gasteiger partial charge in [0.05, 0.1) is 12.2 Å². The Morgan fingerprint density at radius 1 is 1.33 bits per heavy atom. The molecule has 1 aliphatic rings. The fraction of sp³-hybridized carbons (Fsp3) is 0.357. The van der Waals surface area contributed by atoms with E-state index in [1.165, 1.54) is 23.2 Å². The maximum atomic E-state index is 4.56. The Morgan fingerprint density at radius 2 is 2.11 bits per heavy atom. The van der Waals surface area contributed by atoms with E-state index in [2.05, 4.69) is 62.2 Å². The van der Waals surface area contributed by atoms with Gasteiger partial charge < -0.3 is 5.32 Å². The molecule has 18 heavy (non-hydrogen) atoms. The van der Waals surface area contributed by atoms with E-state index in [0.29, 0.717) is 6.04 Å². The van der Waals surface area contributed by atoms with Crippen LogP contribution in [0.5, 0.6) is 0 Å². The molecule has 1 aromatic carbocycles. The van der Waals surface area contributed by atoms with Gasteiger partial charge in [0.25, 0.3) is 0 Å². The molecule has 1 saturated heterocycles. The lowest BCUT2D eigenvalue weighted by molar-refractivity contribution is 0.480. The lowest BCUT2D eigenvalue weighted by Crippen LogP contribution is -2.15. The second-order valence-electron chi connectivity index (χ2n) is 4.74. The molecular weight excluding hydrogens is 290 g/mol. The second-order valence-corrected chi connectivity index (χ2v) is 5.66. The summed E-state index contributed by atoms with van der Waals surface area (Å²) < 4.78 is 3.27. The minimum atomic E-state index is 0.509. The van der Waals surface area contributed by atoms with Gasteiger partial charge in [-0.15, -0.1) is 0 Å². The topological polar surface area (TPSA) is 29.9 Å². The summed E-state index contributed by atoms with van der Waals surface area (Å²) in [6.07, 6.45) is 3.15. The third kappa shape index (κ3) is 2.10. The van der Waals surface area contributed by atoms with Crippen molar-refractivity contribution in [3.8, 4) is 11.1 Å². The van der Waals surface area contributed by atoms with Crippen molar-refractivity contribution in [3.63, 3.8) is 0 Å². The van der Waals surface area contributed by atoms with Crippen LogP contribution in [0.25, 0.3) is 11.1 Å². The molecule has 1 atom stereocenters. The predicted molar refractivity (Wildman–Crippen MR) is 76.6 cm³/mol. The Kier molecular flexibility index (Phi) is 3.22. The number of rotatable bonds is 2. The lowest BCUT2D eigenvalue weighted by Gasteiger charge is -2.12. The first-order chi connectivity index (χ1) is 8.75. The first-order valence-electron chi connectivity index (χ1n) is 6.26. The minimum absolute atomic E-state index is 0.509. The summed E-state index contributed by atoms with van der Waals surface area (Å²) in [5.74, 6) is 0. The molecule has 0 saturated carbocycles. The molecule has 0 amide bonds. The average Bonchev–Trinajstić information content (AvgIpc) is 2.99. The minimum Gasteiger partial charge on any atom is -0.315 e. The van der Waals surface area contributed by atoms with Crippen molar-refractivity contribution in [3.05, 3.63) is 40.6 Å². The van der Waals surface area contributed by atoms with E-state index in [4.69, 9.17) is 0 Å². The molecule has 3 nitrogen and oxygen atoms in total. The zero-order chi connectivity index (χ0) is 12.5. The molecule has 0 bridgehead atoms. The Labute approximate surface area is 115 Å². The van der Waals surface area contributed by atoms with Gasteiger partial charge in [-0.2, -0.15) is 5.10 Å². The molecule has 0 radical (unpaired) electrons.